The third-order valence-electron chi connectivity index (χ3n) is 7.05. The number of aliphatic hydroxyl groups excluding tert-OH is 2. The fourth-order valence-corrected chi connectivity index (χ4v) is 9.37. The smallest absolute Gasteiger partial charge is 0.351 e. The van der Waals surface area contributed by atoms with Crippen molar-refractivity contribution >= 4 is 25.0 Å². The van der Waals surface area contributed by atoms with Gasteiger partial charge >= 0.3 is 5.69 Å². The van der Waals surface area contributed by atoms with Crippen LogP contribution in [0.15, 0.2) is 71.7 Å². The van der Waals surface area contributed by atoms with Crippen LogP contribution in [0.5, 0.6) is 0 Å². The summed E-state index contributed by atoms with van der Waals surface area (Å²) < 4.78 is 7.87. The second-order valence-electron chi connectivity index (χ2n) is 9.22. The number of nitrogen functional groups attached to an aromatic ring is 1. The molecule has 4 atom stereocenters. The molecule has 0 bridgehead atoms. The maximum absolute atomic E-state index is 13.5. The number of unbranched alkanes of at least 4 members (excludes halogenated alkanes) is 1. The van der Waals surface area contributed by atoms with Crippen molar-refractivity contribution in [1.29, 1.82) is 0 Å². The molecular formula is C26H33N3O5Si. The number of hydrogen-bond acceptors (Lipinski definition) is 7. The van der Waals surface area contributed by atoms with Gasteiger partial charge < -0.3 is 25.8 Å². The second-order valence-corrected chi connectivity index (χ2v) is 12.2. The zero-order valence-corrected chi connectivity index (χ0v) is 21.2. The van der Waals surface area contributed by atoms with Crippen LogP contribution in [0.2, 0.25) is 0 Å². The van der Waals surface area contributed by atoms with E-state index in [2.05, 4.69) is 4.98 Å². The van der Waals surface area contributed by atoms with Gasteiger partial charge in [0.15, 0.2) is 14.1 Å². The first-order valence-corrected chi connectivity index (χ1v) is 13.7. The number of aryl methyl sites for hydroxylation is 1. The molecule has 186 valence electrons. The normalized spacial score (nSPS) is 26.3. The highest BCUT2D eigenvalue weighted by Gasteiger charge is 2.69. The van der Waals surface area contributed by atoms with Crippen molar-refractivity contribution in [3.05, 3.63) is 82.9 Å². The van der Waals surface area contributed by atoms with Crippen LogP contribution >= 0.6 is 0 Å². The van der Waals surface area contributed by atoms with Crippen molar-refractivity contribution in [3.8, 4) is 0 Å². The summed E-state index contributed by atoms with van der Waals surface area (Å²) in [6.45, 7) is 3.20. The minimum absolute atomic E-state index is 0.0911. The Hall–Kier alpha value is -2.82. The molecule has 3 aromatic rings. The lowest BCUT2D eigenvalue weighted by Gasteiger charge is -2.47. The van der Waals surface area contributed by atoms with E-state index in [1.165, 1.54) is 4.57 Å². The molecular weight excluding hydrogens is 462 g/mol. The van der Waals surface area contributed by atoms with Crippen molar-refractivity contribution in [3.63, 3.8) is 0 Å². The number of aliphatic hydroxyl groups is 3. The van der Waals surface area contributed by atoms with E-state index in [9.17, 15) is 20.1 Å². The molecule has 1 aromatic heterocycles. The van der Waals surface area contributed by atoms with E-state index < -0.39 is 44.3 Å². The zero-order chi connectivity index (χ0) is 25.2. The summed E-state index contributed by atoms with van der Waals surface area (Å²) in [6, 6.07) is 19.2. The Kier molecular flexibility index (Phi) is 7.25. The first-order valence-electron chi connectivity index (χ1n) is 12.0. The molecule has 1 fully saturated rings. The number of nitrogens with zero attached hydrogens (tertiary/aromatic N) is 2. The molecule has 1 aliphatic rings. The van der Waals surface area contributed by atoms with Gasteiger partial charge in [-0.25, -0.2) is 4.79 Å². The highest BCUT2D eigenvalue weighted by molar-refractivity contribution is 6.86. The van der Waals surface area contributed by atoms with Crippen LogP contribution in [0.4, 0.5) is 5.82 Å². The Morgan fingerprint density at radius 1 is 1.11 bits per heavy atom. The summed E-state index contributed by atoms with van der Waals surface area (Å²) >= 11 is 0. The molecule has 0 amide bonds. The Labute approximate surface area is 206 Å². The number of aromatic nitrogens is 2. The van der Waals surface area contributed by atoms with E-state index in [4.69, 9.17) is 10.5 Å². The quantitative estimate of drug-likeness (QED) is 0.325. The van der Waals surface area contributed by atoms with Crippen molar-refractivity contribution in [1.82, 2.24) is 9.55 Å². The highest BCUT2D eigenvalue weighted by atomic mass is 28.3. The Morgan fingerprint density at radius 2 is 1.69 bits per heavy atom. The number of hydrogen-bond donors (Lipinski definition) is 4. The maximum Gasteiger partial charge on any atom is 0.351 e. The van der Waals surface area contributed by atoms with Gasteiger partial charge in [0.05, 0.1) is 6.61 Å². The molecule has 4 rings (SSSR count). The van der Waals surface area contributed by atoms with Gasteiger partial charge in [-0.05, 0) is 13.3 Å². The molecule has 2 aromatic carbocycles. The van der Waals surface area contributed by atoms with Gasteiger partial charge in [-0.1, -0.05) is 90.8 Å². The lowest BCUT2D eigenvalue weighted by Crippen LogP contribution is -2.73. The number of rotatable bonds is 8. The lowest BCUT2D eigenvalue weighted by atomic mass is 9.88. The van der Waals surface area contributed by atoms with Gasteiger partial charge in [-0.2, -0.15) is 4.98 Å². The molecule has 1 aliphatic heterocycles. The minimum Gasteiger partial charge on any atom is -0.394 e. The minimum atomic E-state index is -2.75. The van der Waals surface area contributed by atoms with Gasteiger partial charge in [0.25, 0.3) is 0 Å². The number of anilines is 1. The largest absolute Gasteiger partial charge is 0.394 e. The van der Waals surface area contributed by atoms with E-state index in [1.54, 1.807) is 13.1 Å². The first kappa shape index (κ1) is 25.3. The van der Waals surface area contributed by atoms with Gasteiger partial charge in [-0.3, -0.25) is 4.57 Å². The monoisotopic (exact) mass is 495 g/mol. The van der Waals surface area contributed by atoms with Crippen LogP contribution < -0.4 is 21.8 Å². The summed E-state index contributed by atoms with van der Waals surface area (Å²) in [4.78, 5) is 17.5. The lowest BCUT2D eigenvalue weighted by molar-refractivity contribution is -0.150. The van der Waals surface area contributed by atoms with E-state index >= 15 is 0 Å². The SMILES string of the molecule is CCCC[C@@]1(O)[C@H](O)[C@@H](CO)O[C@]1(n1cc(C)c(N)nc1=O)[SiH](c1ccccc1)c1ccccc1. The molecule has 0 saturated carbocycles. The molecule has 35 heavy (non-hydrogen) atoms. The molecule has 9 heteroatoms. The van der Waals surface area contributed by atoms with Crippen LogP contribution in [-0.4, -0.2) is 58.1 Å². The zero-order valence-electron chi connectivity index (χ0n) is 20.0. The summed E-state index contributed by atoms with van der Waals surface area (Å²) in [5.74, 6) is 0.0911. The predicted molar refractivity (Wildman–Crippen MR) is 137 cm³/mol. The number of ether oxygens (including phenoxy) is 1. The van der Waals surface area contributed by atoms with E-state index in [-0.39, 0.29) is 12.2 Å². The van der Waals surface area contributed by atoms with Crippen LogP contribution in [0, 0.1) is 6.92 Å². The first-order chi connectivity index (χ1) is 16.8. The van der Waals surface area contributed by atoms with Crippen LogP contribution in [-0.2, 0) is 10.1 Å². The highest BCUT2D eigenvalue weighted by Crippen LogP contribution is 2.47. The third-order valence-corrected chi connectivity index (χ3v) is 10.8. The second kappa shape index (κ2) is 10.0. The average molecular weight is 496 g/mol. The van der Waals surface area contributed by atoms with Crippen molar-refractivity contribution in [2.45, 2.75) is 56.3 Å². The van der Waals surface area contributed by atoms with Gasteiger partial charge in [0.2, 0.25) is 0 Å². The Balaban J connectivity index is 2.14. The number of nitrogens with two attached hydrogens (primary N) is 1. The molecule has 0 radical (unpaired) electrons. The molecule has 1 saturated heterocycles. The van der Waals surface area contributed by atoms with Crippen molar-refractivity contribution in [2.75, 3.05) is 12.3 Å². The molecule has 0 unspecified atom stereocenters. The topological polar surface area (TPSA) is 131 Å². The van der Waals surface area contributed by atoms with Gasteiger partial charge in [0.1, 0.15) is 23.6 Å². The van der Waals surface area contributed by atoms with Crippen LogP contribution in [0.3, 0.4) is 0 Å². The summed E-state index contributed by atoms with van der Waals surface area (Å²) in [6.07, 6.45) is 0.541. The average Bonchev–Trinajstić information content (AvgIpc) is 3.09. The molecule has 2 heterocycles. The fourth-order valence-electron chi connectivity index (χ4n) is 5.28. The standard InChI is InChI=1S/C26H33N3O5Si/c1-3-4-15-25(33)22(31)21(17-30)34-26(25,29-16-18(2)23(27)28-24(29)32)35(19-11-7-5-8-12-19)20-13-9-6-10-14-20/h5-14,16,21-22,30-31,33,35H,3-4,15,17H2,1-2H3,(H2,27,28,32)/t21-,22-,25-,26+/m1/s1. The van der Waals surface area contributed by atoms with Crippen molar-refractivity contribution in [2.24, 2.45) is 0 Å². The Bertz CT molecular complexity index is 1170. The summed E-state index contributed by atoms with van der Waals surface area (Å²) in [5.41, 5.74) is 3.93. The van der Waals surface area contributed by atoms with Crippen LogP contribution in [0.1, 0.15) is 31.7 Å². The molecule has 0 spiro atoms. The van der Waals surface area contributed by atoms with Crippen LogP contribution in [0.25, 0.3) is 0 Å². The van der Waals surface area contributed by atoms with Gasteiger partial charge in [-0.15, -0.1) is 0 Å². The van der Waals surface area contributed by atoms with E-state index in [0.717, 1.165) is 16.8 Å². The molecule has 8 nitrogen and oxygen atoms in total. The maximum atomic E-state index is 13.5. The fraction of sp³-hybridized carbons (Fsp3) is 0.385. The van der Waals surface area contributed by atoms with Crippen molar-refractivity contribution < 1.29 is 20.1 Å². The summed E-state index contributed by atoms with van der Waals surface area (Å²) in [7, 11) is -2.75. The molecule has 0 aliphatic carbocycles. The van der Waals surface area contributed by atoms with E-state index in [1.807, 2.05) is 67.6 Å². The molecule has 5 N–H and O–H groups in total. The number of benzene rings is 2. The van der Waals surface area contributed by atoms with Gasteiger partial charge in [0, 0.05) is 11.8 Å². The van der Waals surface area contributed by atoms with E-state index in [0.29, 0.717) is 12.0 Å². The summed E-state index contributed by atoms with van der Waals surface area (Å²) in [5, 5.41) is 34.2. The Morgan fingerprint density at radius 3 is 2.20 bits per heavy atom. The third kappa shape index (κ3) is 4.13. The predicted octanol–water partition coefficient (Wildman–Crippen LogP) is 0.0407.